The van der Waals surface area contributed by atoms with E-state index in [9.17, 15) is 18.0 Å². The molecule has 7 heteroatoms. The average Bonchev–Trinajstić information content (AvgIpc) is 2.34. The predicted molar refractivity (Wildman–Crippen MR) is 76.1 cm³/mol. The second-order valence-corrected chi connectivity index (χ2v) is 5.44. The van der Waals surface area contributed by atoms with Crippen LogP contribution in [0.5, 0.6) is 0 Å². The highest BCUT2D eigenvalue weighted by atomic mass is 19.4. The first-order valence-corrected chi connectivity index (χ1v) is 7.32. The van der Waals surface area contributed by atoms with Gasteiger partial charge in [-0.1, -0.05) is 6.92 Å². The molecule has 0 bridgehead atoms. The largest absolute Gasteiger partial charge is 0.465 e. The molecule has 21 heavy (non-hydrogen) atoms. The number of esters is 1. The summed E-state index contributed by atoms with van der Waals surface area (Å²) in [5.74, 6) is -0.350. The molecule has 0 fully saturated rings. The number of halogens is 3. The number of ether oxygens (including phenoxy) is 1. The number of hydrogen-bond acceptors (Lipinski definition) is 4. The Morgan fingerprint density at radius 3 is 2.38 bits per heavy atom. The van der Waals surface area contributed by atoms with Gasteiger partial charge < -0.3 is 10.1 Å². The van der Waals surface area contributed by atoms with E-state index in [0.717, 1.165) is 6.42 Å². The van der Waals surface area contributed by atoms with Crippen molar-refractivity contribution < 1.29 is 22.7 Å². The Morgan fingerprint density at radius 2 is 1.90 bits per heavy atom. The summed E-state index contributed by atoms with van der Waals surface area (Å²) in [5, 5.41) is 3.14. The maximum Gasteiger partial charge on any atom is 0.401 e. The lowest BCUT2D eigenvalue weighted by Gasteiger charge is -2.29. The Kier molecular flexibility index (Phi) is 8.89. The number of nitrogens with zero attached hydrogens (tertiary/aromatic N) is 1. The third-order valence-electron chi connectivity index (χ3n) is 3.16. The van der Waals surface area contributed by atoms with E-state index >= 15 is 0 Å². The summed E-state index contributed by atoms with van der Waals surface area (Å²) in [6.45, 7) is 5.74. The molecule has 0 aromatic heterocycles. The lowest BCUT2D eigenvalue weighted by atomic mass is 9.95. The van der Waals surface area contributed by atoms with E-state index in [1.807, 2.05) is 6.92 Å². The molecule has 0 heterocycles. The quantitative estimate of drug-likeness (QED) is 0.630. The van der Waals surface area contributed by atoms with Gasteiger partial charge in [0.05, 0.1) is 13.2 Å². The highest BCUT2D eigenvalue weighted by Gasteiger charge is 2.34. The van der Waals surface area contributed by atoms with Gasteiger partial charge in [0.25, 0.3) is 0 Å². The van der Waals surface area contributed by atoms with Crippen molar-refractivity contribution in [3.63, 3.8) is 0 Å². The normalized spacial score (nSPS) is 15.0. The maximum absolute atomic E-state index is 12.2. The number of alkyl halides is 3. The Bertz CT molecular complexity index is 311. The molecule has 0 radical (unpaired) electrons. The first kappa shape index (κ1) is 20.2. The Labute approximate surface area is 125 Å². The zero-order chi connectivity index (χ0) is 16.5. The van der Waals surface area contributed by atoms with Crippen LogP contribution in [0.15, 0.2) is 0 Å². The van der Waals surface area contributed by atoms with Gasteiger partial charge in [0.15, 0.2) is 0 Å². The first-order valence-electron chi connectivity index (χ1n) is 7.32. The van der Waals surface area contributed by atoms with Crippen LogP contribution in [-0.2, 0) is 9.53 Å². The third-order valence-corrected chi connectivity index (χ3v) is 3.16. The van der Waals surface area contributed by atoms with Crippen molar-refractivity contribution >= 4 is 5.97 Å². The fourth-order valence-electron chi connectivity index (χ4n) is 2.04. The summed E-state index contributed by atoms with van der Waals surface area (Å²) in [4.78, 5) is 13.2. The summed E-state index contributed by atoms with van der Waals surface area (Å²) >= 11 is 0. The minimum absolute atomic E-state index is 0.280. The lowest BCUT2D eigenvalue weighted by Crippen LogP contribution is -2.51. The fourth-order valence-corrected chi connectivity index (χ4v) is 2.04. The van der Waals surface area contributed by atoms with E-state index < -0.39 is 18.3 Å². The molecule has 0 aromatic rings. The monoisotopic (exact) mass is 312 g/mol. The van der Waals surface area contributed by atoms with Gasteiger partial charge in [0.2, 0.25) is 0 Å². The van der Waals surface area contributed by atoms with Crippen LogP contribution in [0.25, 0.3) is 0 Å². The van der Waals surface area contributed by atoms with E-state index in [1.165, 1.54) is 11.9 Å². The van der Waals surface area contributed by atoms with Crippen molar-refractivity contribution in [3.8, 4) is 0 Å². The smallest absolute Gasteiger partial charge is 0.401 e. The fraction of sp³-hybridized carbons (Fsp3) is 0.929. The van der Waals surface area contributed by atoms with Crippen LogP contribution in [0.1, 0.15) is 40.0 Å². The van der Waals surface area contributed by atoms with Gasteiger partial charge in [-0.25, -0.2) is 0 Å². The maximum atomic E-state index is 12.2. The van der Waals surface area contributed by atoms with E-state index in [2.05, 4.69) is 5.32 Å². The zero-order valence-corrected chi connectivity index (χ0v) is 13.3. The number of carbonyl (C=O) groups excluding carboxylic acids is 1. The minimum atomic E-state index is -4.19. The summed E-state index contributed by atoms with van der Waals surface area (Å²) < 4.78 is 41.8. The number of rotatable bonds is 10. The van der Waals surface area contributed by atoms with Gasteiger partial charge in [0, 0.05) is 0 Å². The minimum Gasteiger partial charge on any atom is -0.465 e. The van der Waals surface area contributed by atoms with Crippen LogP contribution in [0.4, 0.5) is 13.2 Å². The van der Waals surface area contributed by atoms with Crippen LogP contribution in [0.2, 0.25) is 0 Å². The second-order valence-electron chi connectivity index (χ2n) is 5.44. The lowest BCUT2D eigenvalue weighted by molar-refractivity contribution is -0.151. The molecular formula is C14H27F3N2O2. The molecule has 126 valence electrons. The number of nitrogens with one attached hydrogen (secondary N) is 1. The molecule has 4 nitrogen and oxygen atoms in total. The van der Waals surface area contributed by atoms with Gasteiger partial charge in [-0.2, -0.15) is 13.2 Å². The Hall–Kier alpha value is -0.820. The summed E-state index contributed by atoms with van der Waals surface area (Å²) in [6, 6.07) is 0. The molecule has 0 aliphatic heterocycles. The molecule has 1 atom stereocenters. The van der Waals surface area contributed by atoms with Gasteiger partial charge >= 0.3 is 12.1 Å². The highest BCUT2D eigenvalue weighted by molar-refractivity contribution is 5.80. The Morgan fingerprint density at radius 1 is 1.29 bits per heavy atom. The van der Waals surface area contributed by atoms with Crippen molar-refractivity contribution in [3.05, 3.63) is 0 Å². The molecule has 0 spiro atoms. The number of carbonyl (C=O) groups is 1. The summed E-state index contributed by atoms with van der Waals surface area (Å²) in [6.07, 6.45) is -2.41. The van der Waals surface area contributed by atoms with E-state index in [4.69, 9.17) is 4.74 Å². The van der Waals surface area contributed by atoms with Crippen molar-refractivity contribution in [2.75, 3.05) is 33.3 Å². The zero-order valence-electron chi connectivity index (χ0n) is 13.3. The van der Waals surface area contributed by atoms with Gasteiger partial charge in [-0.05, 0) is 53.2 Å². The number of hydrogen-bond donors (Lipinski definition) is 1. The predicted octanol–water partition coefficient (Wildman–Crippen LogP) is 2.58. The van der Waals surface area contributed by atoms with Crippen molar-refractivity contribution in [2.45, 2.75) is 51.7 Å². The molecule has 0 rings (SSSR count). The highest BCUT2D eigenvalue weighted by Crippen LogP contribution is 2.18. The molecule has 0 aliphatic carbocycles. The second kappa shape index (κ2) is 9.25. The van der Waals surface area contributed by atoms with Crippen LogP contribution >= 0.6 is 0 Å². The molecule has 0 aliphatic rings. The van der Waals surface area contributed by atoms with Crippen molar-refractivity contribution in [1.29, 1.82) is 0 Å². The van der Waals surface area contributed by atoms with E-state index in [-0.39, 0.29) is 19.1 Å². The molecule has 1 unspecified atom stereocenters. The van der Waals surface area contributed by atoms with E-state index in [1.54, 1.807) is 13.8 Å². The van der Waals surface area contributed by atoms with Gasteiger partial charge in [-0.15, -0.1) is 0 Å². The van der Waals surface area contributed by atoms with Crippen LogP contribution in [0, 0.1) is 0 Å². The van der Waals surface area contributed by atoms with Crippen molar-refractivity contribution in [1.82, 2.24) is 10.2 Å². The average molecular weight is 312 g/mol. The molecule has 0 amide bonds. The first-order chi connectivity index (χ1) is 9.64. The standard InChI is InChI=1S/C14H27F3N2O2/c1-5-9-18-13(3,12(20)21-6-2)8-7-10-19(4)11-14(15,16)17/h18H,5-11H2,1-4H3. The van der Waals surface area contributed by atoms with Crippen LogP contribution in [-0.4, -0.2) is 55.9 Å². The molecule has 0 saturated heterocycles. The molecule has 0 saturated carbocycles. The Balaban J connectivity index is 4.38. The van der Waals surface area contributed by atoms with E-state index in [0.29, 0.717) is 19.4 Å². The SMILES string of the molecule is CCCNC(C)(CCCN(C)CC(F)(F)F)C(=O)OCC. The topological polar surface area (TPSA) is 41.6 Å². The molecule has 0 aromatic carbocycles. The molecule has 1 N–H and O–H groups in total. The van der Waals surface area contributed by atoms with Gasteiger partial charge in [-0.3, -0.25) is 9.69 Å². The molecular weight excluding hydrogens is 285 g/mol. The van der Waals surface area contributed by atoms with Crippen LogP contribution in [0.3, 0.4) is 0 Å². The third kappa shape index (κ3) is 8.93. The summed E-state index contributed by atoms with van der Waals surface area (Å²) in [7, 11) is 1.43. The summed E-state index contributed by atoms with van der Waals surface area (Å²) in [5.41, 5.74) is -0.842. The van der Waals surface area contributed by atoms with Crippen LogP contribution < -0.4 is 5.32 Å². The van der Waals surface area contributed by atoms with Crippen molar-refractivity contribution in [2.24, 2.45) is 0 Å². The van der Waals surface area contributed by atoms with Gasteiger partial charge in [0.1, 0.15) is 5.54 Å².